The Morgan fingerprint density at radius 2 is 1.97 bits per heavy atom. The molecule has 1 aliphatic rings. The Morgan fingerprint density at radius 1 is 1.07 bits per heavy atom. The van der Waals surface area contributed by atoms with E-state index in [2.05, 4.69) is 16.0 Å². The van der Waals surface area contributed by atoms with Crippen molar-refractivity contribution in [3.8, 4) is 16.9 Å². The van der Waals surface area contributed by atoms with Gasteiger partial charge in [0.25, 0.3) is 5.91 Å². The lowest BCUT2D eigenvalue weighted by molar-refractivity contribution is 0.0733. The number of carbonyl (C=O) groups excluding carboxylic acids is 1. The van der Waals surface area contributed by atoms with E-state index in [0.717, 1.165) is 33.3 Å². The van der Waals surface area contributed by atoms with Crippen LogP contribution in [0.3, 0.4) is 0 Å². The third kappa shape index (κ3) is 3.29. The Balaban J connectivity index is 1.45. The smallest absolute Gasteiger partial charge is 0.254 e. The second kappa shape index (κ2) is 6.98. The van der Waals surface area contributed by atoms with Crippen molar-refractivity contribution in [3.63, 3.8) is 0 Å². The average Bonchev–Trinajstić information content (AvgIpc) is 3.11. The van der Waals surface area contributed by atoms with Gasteiger partial charge in [-0.15, -0.1) is 0 Å². The third-order valence-corrected chi connectivity index (χ3v) is 5.25. The molecule has 0 aliphatic carbocycles. The monoisotopic (exact) mass is 384 g/mol. The number of benzene rings is 2. The number of amides is 1. The maximum absolute atomic E-state index is 13.2. The lowest BCUT2D eigenvalue weighted by atomic mass is 10.0. The first-order valence-electron chi connectivity index (χ1n) is 9.51. The summed E-state index contributed by atoms with van der Waals surface area (Å²) in [5.41, 5.74) is 10.4. The summed E-state index contributed by atoms with van der Waals surface area (Å²) in [7, 11) is 0. The Hall–Kier alpha value is -3.80. The summed E-state index contributed by atoms with van der Waals surface area (Å²) >= 11 is 0. The summed E-state index contributed by atoms with van der Waals surface area (Å²) < 4.78 is 5.90. The standard InChI is InChI=1S/C23H20N4O2/c24-22-6-3-18(13-26-22)15-2-5-21-19(11-15)14-27(9-10-29-21)23(28)17-1-4-20-16(12-17)7-8-25-20/h1-8,11-13,25H,9-10,14H2,(H2,24,26). The van der Waals surface area contributed by atoms with Gasteiger partial charge in [0.15, 0.2) is 0 Å². The molecular formula is C23H20N4O2. The number of nitrogen functional groups attached to an aromatic ring is 1. The van der Waals surface area contributed by atoms with Crippen LogP contribution in [0.25, 0.3) is 22.0 Å². The van der Waals surface area contributed by atoms with Crippen LogP contribution in [0.1, 0.15) is 15.9 Å². The minimum atomic E-state index is 0.00380. The van der Waals surface area contributed by atoms with Crippen molar-refractivity contribution in [2.45, 2.75) is 6.54 Å². The predicted octanol–water partition coefficient (Wildman–Crippen LogP) is 3.85. The highest BCUT2D eigenvalue weighted by Gasteiger charge is 2.22. The molecule has 2 aromatic heterocycles. The van der Waals surface area contributed by atoms with E-state index in [1.807, 2.05) is 53.6 Å². The first kappa shape index (κ1) is 17.3. The molecule has 3 N–H and O–H groups in total. The van der Waals surface area contributed by atoms with Gasteiger partial charge >= 0.3 is 0 Å². The van der Waals surface area contributed by atoms with Crippen molar-refractivity contribution in [2.75, 3.05) is 18.9 Å². The van der Waals surface area contributed by atoms with Crippen LogP contribution in [0.2, 0.25) is 0 Å². The molecule has 1 aliphatic heterocycles. The second-order valence-corrected chi connectivity index (χ2v) is 7.15. The number of rotatable bonds is 2. The highest BCUT2D eigenvalue weighted by Crippen LogP contribution is 2.30. The molecule has 0 fully saturated rings. The summed E-state index contributed by atoms with van der Waals surface area (Å²) in [6.07, 6.45) is 3.63. The fraction of sp³-hybridized carbons (Fsp3) is 0.130. The fourth-order valence-electron chi connectivity index (χ4n) is 3.69. The number of nitrogens with two attached hydrogens (primary N) is 1. The van der Waals surface area contributed by atoms with Gasteiger partial charge in [0.1, 0.15) is 18.2 Å². The van der Waals surface area contributed by atoms with Gasteiger partial charge in [0.05, 0.1) is 6.54 Å². The van der Waals surface area contributed by atoms with E-state index < -0.39 is 0 Å². The first-order valence-corrected chi connectivity index (χ1v) is 9.51. The van der Waals surface area contributed by atoms with Gasteiger partial charge in [-0.2, -0.15) is 0 Å². The van der Waals surface area contributed by atoms with E-state index in [0.29, 0.717) is 31.1 Å². The molecule has 0 bridgehead atoms. The third-order valence-electron chi connectivity index (χ3n) is 5.25. The Kier molecular flexibility index (Phi) is 4.17. The largest absolute Gasteiger partial charge is 0.491 e. The minimum absolute atomic E-state index is 0.00380. The summed E-state index contributed by atoms with van der Waals surface area (Å²) in [6.45, 7) is 1.50. The van der Waals surface area contributed by atoms with Crippen LogP contribution in [-0.2, 0) is 6.54 Å². The molecule has 2 aromatic carbocycles. The van der Waals surface area contributed by atoms with Gasteiger partial charge in [-0.1, -0.05) is 6.07 Å². The molecule has 0 unspecified atom stereocenters. The highest BCUT2D eigenvalue weighted by molar-refractivity contribution is 5.98. The summed E-state index contributed by atoms with van der Waals surface area (Å²) in [4.78, 5) is 22.3. The van der Waals surface area contributed by atoms with Crippen molar-refractivity contribution in [1.29, 1.82) is 0 Å². The van der Waals surface area contributed by atoms with E-state index in [-0.39, 0.29) is 5.91 Å². The summed E-state index contributed by atoms with van der Waals surface area (Å²) in [6, 6.07) is 17.5. The van der Waals surface area contributed by atoms with Gasteiger partial charge in [0.2, 0.25) is 0 Å². The van der Waals surface area contributed by atoms with Crippen LogP contribution >= 0.6 is 0 Å². The molecule has 0 radical (unpaired) electrons. The number of H-pyrrole nitrogens is 1. The predicted molar refractivity (Wildman–Crippen MR) is 113 cm³/mol. The van der Waals surface area contributed by atoms with Crippen LogP contribution in [0.4, 0.5) is 5.82 Å². The number of fused-ring (bicyclic) bond motifs is 2. The van der Waals surface area contributed by atoms with Crippen molar-refractivity contribution in [2.24, 2.45) is 0 Å². The molecule has 0 saturated carbocycles. The molecular weight excluding hydrogens is 364 g/mol. The van der Waals surface area contributed by atoms with Crippen LogP contribution < -0.4 is 10.5 Å². The number of hydrogen-bond donors (Lipinski definition) is 2. The topological polar surface area (TPSA) is 84.2 Å². The highest BCUT2D eigenvalue weighted by atomic mass is 16.5. The van der Waals surface area contributed by atoms with Gasteiger partial charge < -0.3 is 20.4 Å². The number of carbonyl (C=O) groups is 1. The van der Waals surface area contributed by atoms with E-state index >= 15 is 0 Å². The van der Waals surface area contributed by atoms with E-state index in [4.69, 9.17) is 10.5 Å². The average molecular weight is 384 g/mol. The summed E-state index contributed by atoms with van der Waals surface area (Å²) in [5, 5.41) is 1.03. The molecule has 6 nitrogen and oxygen atoms in total. The maximum atomic E-state index is 13.2. The van der Waals surface area contributed by atoms with Crippen LogP contribution in [0, 0.1) is 0 Å². The van der Waals surface area contributed by atoms with Crippen molar-refractivity contribution in [1.82, 2.24) is 14.9 Å². The maximum Gasteiger partial charge on any atom is 0.254 e. The van der Waals surface area contributed by atoms with Crippen molar-refractivity contribution >= 4 is 22.6 Å². The zero-order valence-electron chi connectivity index (χ0n) is 15.8. The number of ether oxygens (including phenoxy) is 1. The molecule has 4 aromatic rings. The van der Waals surface area contributed by atoms with Crippen molar-refractivity contribution in [3.05, 3.63) is 78.1 Å². The number of pyridine rings is 1. The van der Waals surface area contributed by atoms with Gasteiger partial charge in [-0.25, -0.2) is 4.98 Å². The van der Waals surface area contributed by atoms with Crippen molar-refractivity contribution < 1.29 is 9.53 Å². The molecule has 0 atom stereocenters. The molecule has 0 spiro atoms. The Labute approximate surface area is 167 Å². The molecule has 5 rings (SSSR count). The molecule has 144 valence electrons. The number of anilines is 1. The first-order chi connectivity index (χ1) is 14.2. The Morgan fingerprint density at radius 3 is 2.83 bits per heavy atom. The van der Waals surface area contributed by atoms with Gasteiger partial charge in [-0.05, 0) is 54.1 Å². The Bertz CT molecular complexity index is 1200. The number of aromatic nitrogens is 2. The normalized spacial score (nSPS) is 13.6. The quantitative estimate of drug-likeness (QED) is 0.550. The lowest BCUT2D eigenvalue weighted by Crippen LogP contribution is -2.32. The second-order valence-electron chi connectivity index (χ2n) is 7.15. The number of nitrogens with one attached hydrogen (secondary N) is 1. The zero-order valence-corrected chi connectivity index (χ0v) is 15.8. The number of nitrogens with zero attached hydrogens (tertiary/aromatic N) is 2. The molecule has 6 heteroatoms. The fourth-order valence-corrected chi connectivity index (χ4v) is 3.69. The lowest BCUT2D eigenvalue weighted by Gasteiger charge is -2.20. The molecule has 3 heterocycles. The van der Waals surface area contributed by atoms with Crippen LogP contribution in [0.15, 0.2) is 67.0 Å². The van der Waals surface area contributed by atoms with Crippen LogP contribution in [0.5, 0.6) is 5.75 Å². The van der Waals surface area contributed by atoms with Crippen LogP contribution in [-0.4, -0.2) is 33.9 Å². The number of aromatic amines is 1. The van der Waals surface area contributed by atoms with Gasteiger partial charge in [-0.3, -0.25) is 4.79 Å². The van der Waals surface area contributed by atoms with E-state index in [9.17, 15) is 4.79 Å². The molecule has 29 heavy (non-hydrogen) atoms. The molecule has 1 amide bonds. The SMILES string of the molecule is Nc1ccc(-c2ccc3c(c2)CN(C(=O)c2ccc4[nH]ccc4c2)CCO3)cn1. The number of hydrogen-bond acceptors (Lipinski definition) is 4. The minimum Gasteiger partial charge on any atom is -0.491 e. The molecule has 0 saturated heterocycles. The van der Waals surface area contributed by atoms with Gasteiger partial charge in [0, 0.05) is 46.5 Å². The van der Waals surface area contributed by atoms with E-state index in [1.54, 1.807) is 12.3 Å². The zero-order chi connectivity index (χ0) is 19.8. The van der Waals surface area contributed by atoms with E-state index in [1.165, 1.54) is 0 Å². The summed E-state index contributed by atoms with van der Waals surface area (Å²) in [5.74, 6) is 1.31.